The Morgan fingerprint density at radius 1 is 0.950 bits per heavy atom. The summed E-state index contributed by atoms with van der Waals surface area (Å²) in [5, 5.41) is 0. The summed E-state index contributed by atoms with van der Waals surface area (Å²) >= 11 is 0. The maximum absolute atomic E-state index is 12.2. The summed E-state index contributed by atoms with van der Waals surface area (Å²) in [6.45, 7) is 12.8. The molecule has 0 N–H and O–H groups in total. The lowest BCUT2D eigenvalue weighted by Crippen LogP contribution is -2.48. The van der Waals surface area contributed by atoms with Gasteiger partial charge in [-0.15, -0.1) is 0 Å². The highest BCUT2D eigenvalue weighted by atomic mass is 16.6. The standard InChI is InChI=1S/C15H27NO4/c1-10-8-9-11(12(17)19-14(2,3)4)16(10)13(18)20-15(5,6)7/h10-11H,8-9H2,1-7H3/t10?,11-/m0/s1. The minimum absolute atomic E-state index is 0.0117. The lowest BCUT2D eigenvalue weighted by atomic mass is 10.1. The van der Waals surface area contributed by atoms with Gasteiger partial charge in [-0.25, -0.2) is 9.59 Å². The van der Waals surface area contributed by atoms with E-state index < -0.39 is 23.3 Å². The number of likely N-dealkylation sites (tertiary alicyclic amines) is 1. The average Bonchev–Trinajstić information content (AvgIpc) is 2.54. The number of hydrogen-bond acceptors (Lipinski definition) is 4. The SMILES string of the molecule is CC1CC[C@@H](C(=O)OC(C)(C)C)N1C(=O)OC(C)(C)C. The van der Waals surface area contributed by atoms with Crippen molar-refractivity contribution in [1.82, 2.24) is 4.90 Å². The van der Waals surface area contributed by atoms with Crippen molar-refractivity contribution in [2.45, 2.75) is 84.6 Å². The first-order valence-electron chi connectivity index (χ1n) is 7.15. The van der Waals surface area contributed by atoms with Crippen LogP contribution in [0.2, 0.25) is 0 Å². The van der Waals surface area contributed by atoms with Crippen LogP contribution in [0.4, 0.5) is 4.79 Å². The van der Waals surface area contributed by atoms with Gasteiger partial charge >= 0.3 is 12.1 Å². The van der Waals surface area contributed by atoms with Crippen molar-refractivity contribution in [2.24, 2.45) is 0 Å². The number of rotatable bonds is 1. The molecule has 1 amide bonds. The van der Waals surface area contributed by atoms with Gasteiger partial charge in [-0.3, -0.25) is 4.90 Å². The van der Waals surface area contributed by atoms with E-state index in [0.29, 0.717) is 6.42 Å². The molecular formula is C15H27NO4. The van der Waals surface area contributed by atoms with Crippen LogP contribution in [0.5, 0.6) is 0 Å². The Bertz CT molecular complexity index is 378. The fraction of sp³-hybridized carbons (Fsp3) is 0.867. The van der Waals surface area contributed by atoms with E-state index in [9.17, 15) is 9.59 Å². The summed E-state index contributed by atoms with van der Waals surface area (Å²) in [5.41, 5.74) is -1.12. The Hall–Kier alpha value is -1.26. The molecule has 5 heteroatoms. The highest BCUT2D eigenvalue weighted by molar-refractivity contribution is 5.82. The van der Waals surface area contributed by atoms with Crippen LogP contribution in [0.15, 0.2) is 0 Å². The maximum atomic E-state index is 12.2. The second-order valence-corrected chi connectivity index (χ2v) is 7.36. The average molecular weight is 285 g/mol. The van der Waals surface area contributed by atoms with Crippen LogP contribution >= 0.6 is 0 Å². The number of carbonyl (C=O) groups excluding carboxylic acids is 2. The predicted molar refractivity (Wildman–Crippen MR) is 76.4 cm³/mol. The van der Waals surface area contributed by atoms with Crippen LogP contribution in [0, 0.1) is 0 Å². The zero-order valence-electron chi connectivity index (χ0n) is 13.6. The molecule has 5 nitrogen and oxygen atoms in total. The Labute approximate surface area is 121 Å². The smallest absolute Gasteiger partial charge is 0.411 e. The molecule has 1 unspecified atom stereocenters. The van der Waals surface area contributed by atoms with Gasteiger partial charge in [0.1, 0.15) is 17.2 Å². The molecule has 116 valence electrons. The molecule has 0 radical (unpaired) electrons. The second-order valence-electron chi connectivity index (χ2n) is 7.36. The van der Waals surface area contributed by atoms with E-state index in [2.05, 4.69) is 0 Å². The van der Waals surface area contributed by atoms with Gasteiger partial charge in [0.2, 0.25) is 0 Å². The van der Waals surface area contributed by atoms with E-state index in [1.54, 1.807) is 0 Å². The molecule has 0 aromatic heterocycles. The molecule has 0 saturated carbocycles. The van der Waals surface area contributed by atoms with E-state index in [0.717, 1.165) is 6.42 Å². The Kier molecular flexibility index (Phi) is 4.72. The Morgan fingerprint density at radius 3 is 1.90 bits per heavy atom. The number of esters is 1. The number of amides is 1. The number of ether oxygens (including phenoxy) is 2. The second kappa shape index (κ2) is 5.62. The molecule has 20 heavy (non-hydrogen) atoms. The molecular weight excluding hydrogens is 258 g/mol. The predicted octanol–water partition coefficient (Wildman–Crippen LogP) is 3.12. The quantitative estimate of drug-likeness (QED) is 0.695. The first-order valence-corrected chi connectivity index (χ1v) is 7.15. The minimum Gasteiger partial charge on any atom is -0.458 e. The van der Waals surface area contributed by atoms with Crippen molar-refractivity contribution in [2.75, 3.05) is 0 Å². The van der Waals surface area contributed by atoms with Gasteiger partial charge in [0.05, 0.1) is 0 Å². The summed E-state index contributed by atoms with van der Waals surface area (Å²) < 4.78 is 10.8. The number of nitrogens with zero attached hydrogens (tertiary/aromatic N) is 1. The van der Waals surface area contributed by atoms with Crippen LogP contribution in [0.1, 0.15) is 61.3 Å². The van der Waals surface area contributed by atoms with Gasteiger partial charge < -0.3 is 9.47 Å². The molecule has 0 aliphatic carbocycles. The van der Waals surface area contributed by atoms with Crippen molar-refractivity contribution in [3.8, 4) is 0 Å². The molecule has 1 rings (SSSR count). The maximum Gasteiger partial charge on any atom is 0.411 e. The topological polar surface area (TPSA) is 55.8 Å². The van der Waals surface area contributed by atoms with Crippen molar-refractivity contribution < 1.29 is 19.1 Å². The molecule has 0 spiro atoms. The Balaban J connectivity index is 2.81. The molecule has 0 aromatic carbocycles. The molecule has 2 atom stereocenters. The van der Waals surface area contributed by atoms with Gasteiger partial charge in [-0.2, -0.15) is 0 Å². The van der Waals surface area contributed by atoms with Crippen LogP contribution in [-0.4, -0.2) is 40.2 Å². The van der Waals surface area contributed by atoms with E-state index >= 15 is 0 Å². The molecule has 1 saturated heterocycles. The fourth-order valence-corrected chi connectivity index (χ4v) is 2.21. The summed E-state index contributed by atoms with van der Waals surface area (Å²) in [6.07, 6.45) is 0.955. The molecule has 0 aromatic rings. The summed E-state index contributed by atoms with van der Waals surface area (Å²) in [7, 11) is 0. The van der Waals surface area contributed by atoms with Crippen LogP contribution in [0.25, 0.3) is 0 Å². The monoisotopic (exact) mass is 285 g/mol. The third-order valence-electron chi connectivity index (χ3n) is 2.95. The van der Waals surface area contributed by atoms with Gasteiger partial charge in [-0.1, -0.05) is 0 Å². The van der Waals surface area contributed by atoms with Crippen molar-refractivity contribution in [3.63, 3.8) is 0 Å². The van der Waals surface area contributed by atoms with E-state index in [4.69, 9.17) is 9.47 Å². The van der Waals surface area contributed by atoms with Crippen molar-refractivity contribution >= 4 is 12.1 Å². The van der Waals surface area contributed by atoms with Gasteiger partial charge in [0.15, 0.2) is 0 Å². The zero-order chi connectivity index (χ0) is 15.7. The first-order chi connectivity index (χ1) is 8.91. The fourth-order valence-electron chi connectivity index (χ4n) is 2.21. The largest absolute Gasteiger partial charge is 0.458 e. The van der Waals surface area contributed by atoms with Crippen molar-refractivity contribution in [3.05, 3.63) is 0 Å². The Morgan fingerprint density at radius 2 is 1.45 bits per heavy atom. The van der Waals surface area contributed by atoms with E-state index in [1.807, 2.05) is 48.5 Å². The van der Waals surface area contributed by atoms with Gasteiger partial charge in [-0.05, 0) is 61.3 Å². The van der Waals surface area contributed by atoms with Crippen LogP contribution < -0.4 is 0 Å². The van der Waals surface area contributed by atoms with E-state index in [-0.39, 0.29) is 12.0 Å². The summed E-state index contributed by atoms with van der Waals surface area (Å²) in [4.78, 5) is 26.0. The highest BCUT2D eigenvalue weighted by Gasteiger charge is 2.42. The van der Waals surface area contributed by atoms with Crippen molar-refractivity contribution in [1.29, 1.82) is 0 Å². The van der Waals surface area contributed by atoms with Crippen LogP contribution in [0.3, 0.4) is 0 Å². The minimum atomic E-state index is -0.572. The molecule has 1 aliphatic rings. The van der Waals surface area contributed by atoms with E-state index in [1.165, 1.54) is 4.90 Å². The molecule has 1 fully saturated rings. The molecule has 1 aliphatic heterocycles. The normalized spacial score (nSPS) is 23.6. The molecule has 1 heterocycles. The van der Waals surface area contributed by atoms with Gasteiger partial charge in [0, 0.05) is 6.04 Å². The third kappa shape index (κ3) is 4.69. The highest BCUT2D eigenvalue weighted by Crippen LogP contribution is 2.28. The zero-order valence-corrected chi connectivity index (χ0v) is 13.6. The lowest BCUT2D eigenvalue weighted by molar-refractivity contribution is -0.160. The molecule has 0 bridgehead atoms. The van der Waals surface area contributed by atoms with Gasteiger partial charge in [0.25, 0.3) is 0 Å². The number of carbonyl (C=O) groups is 2. The lowest BCUT2D eigenvalue weighted by Gasteiger charge is -2.31. The van der Waals surface area contributed by atoms with Crippen LogP contribution in [-0.2, 0) is 14.3 Å². The number of hydrogen-bond donors (Lipinski definition) is 0. The summed E-state index contributed by atoms with van der Waals surface area (Å²) in [6, 6.07) is -0.554. The third-order valence-corrected chi connectivity index (χ3v) is 2.95. The first kappa shape index (κ1) is 16.8. The summed E-state index contributed by atoms with van der Waals surface area (Å²) in [5.74, 6) is -0.354.